The van der Waals surface area contributed by atoms with Gasteiger partial charge in [-0.25, -0.2) is 0 Å². The van der Waals surface area contributed by atoms with E-state index in [0.29, 0.717) is 24.5 Å². The number of carboxylic acids is 1. The second-order valence-corrected chi connectivity index (χ2v) is 5.86. The van der Waals surface area contributed by atoms with Crippen molar-refractivity contribution in [3.05, 3.63) is 24.3 Å². The molecule has 0 radical (unpaired) electrons. The zero-order valence-electron chi connectivity index (χ0n) is 10.2. The Kier molecular flexibility index (Phi) is 4.96. The van der Waals surface area contributed by atoms with Crippen molar-refractivity contribution in [1.29, 1.82) is 0 Å². The van der Waals surface area contributed by atoms with E-state index in [9.17, 15) is 15.0 Å². The average Bonchev–Trinajstić information content (AvgIpc) is 2.54. The third-order valence-electron chi connectivity index (χ3n) is 2.94. The highest BCUT2D eigenvalue weighted by molar-refractivity contribution is 8.00. The third kappa shape index (κ3) is 3.35. The van der Waals surface area contributed by atoms with Crippen molar-refractivity contribution in [2.24, 2.45) is 0 Å². The molecule has 1 heterocycles. The summed E-state index contributed by atoms with van der Waals surface area (Å²) in [5.41, 5.74) is 0. The SMILES string of the molecule is O=C(O)C1Sc2ccccc2OC(CCCCl)C1O. The van der Waals surface area contributed by atoms with Gasteiger partial charge in [0.15, 0.2) is 0 Å². The average molecular weight is 303 g/mol. The van der Waals surface area contributed by atoms with E-state index < -0.39 is 23.4 Å². The third-order valence-corrected chi connectivity index (χ3v) is 4.53. The van der Waals surface area contributed by atoms with Crippen molar-refractivity contribution in [2.75, 3.05) is 5.88 Å². The molecule has 1 aliphatic rings. The molecule has 1 aliphatic heterocycles. The molecule has 3 atom stereocenters. The van der Waals surface area contributed by atoms with Gasteiger partial charge in [-0.1, -0.05) is 12.1 Å². The van der Waals surface area contributed by atoms with E-state index in [0.717, 1.165) is 16.7 Å². The smallest absolute Gasteiger partial charge is 0.319 e. The van der Waals surface area contributed by atoms with Crippen LogP contribution in [0, 0.1) is 0 Å². The molecular formula is C13H15ClO4S. The molecule has 0 aromatic heterocycles. The quantitative estimate of drug-likeness (QED) is 0.836. The van der Waals surface area contributed by atoms with Gasteiger partial charge in [-0.3, -0.25) is 4.79 Å². The highest BCUT2D eigenvalue weighted by Gasteiger charge is 2.38. The van der Waals surface area contributed by atoms with Crippen molar-refractivity contribution < 1.29 is 19.7 Å². The molecule has 4 nitrogen and oxygen atoms in total. The Morgan fingerprint density at radius 1 is 1.42 bits per heavy atom. The topological polar surface area (TPSA) is 66.8 Å². The van der Waals surface area contributed by atoms with Crippen LogP contribution >= 0.6 is 23.4 Å². The molecule has 1 aromatic rings. The summed E-state index contributed by atoms with van der Waals surface area (Å²) in [6.45, 7) is 0. The molecule has 2 rings (SSSR count). The van der Waals surface area contributed by atoms with E-state index in [1.165, 1.54) is 0 Å². The lowest BCUT2D eigenvalue weighted by Gasteiger charge is -2.24. The molecule has 0 fully saturated rings. The van der Waals surface area contributed by atoms with Gasteiger partial charge >= 0.3 is 5.97 Å². The van der Waals surface area contributed by atoms with E-state index in [4.69, 9.17) is 16.3 Å². The van der Waals surface area contributed by atoms with E-state index in [-0.39, 0.29) is 0 Å². The van der Waals surface area contributed by atoms with E-state index in [1.807, 2.05) is 12.1 Å². The number of carboxylic acid groups (broad SMARTS) is 1. The number of hydrogen-bond donors (Lipinski definition) is 2. The van der Waals surface area contributed by atoms with Crippen LogP contribution in [-0.2, 0) is 4.79 Å². The summed E-state index contributed by atoms with van der Waals surface area (Å²) in [5.74, 6) is 0.0441. The number of para-hydroxylation sites is 1. The number of halogens is 1. The fraction of sp³-hybridized carbons (Fsp3) is 0.462. The van der Waals surface area contributed by atoms with Gasteiger partial charge < -0.3 is 14.9 Å². The number of alkyl halides is 1. The van der Waals surface area contributed by atoms with E-state index in [2.05, 4.69) is 0 Å². The van der Waals surface area contributed by atoms with Gasteiger partial charge in [0, 0.05) is 5.88 Å². The first-order chi connectivity index (χ1) is 9.13. The fourth-order valence-corrected chi connectivity index (χ4v) is 3.22. The standard InChI is InChI=1S/C13H15ClO4S/c14-7-3-5-9-11(15)12(13(16)17)19-10-6-2-1-4-8(10)18-9/h1-2,4,6,9,11-12,15H,3,5,7H2,(H,16,17). The molecular weight excluding hydrogens is 288 g/mol. The molecule has 0 aliphatic carbocycles. The van der Waals surface area contributed by atoms with E-state index >= 15 is 0 Å². The van der Waals surface area contributed by atoms with Crippen molar-refractivity contribution >= 4 is 29.3 Å². The molecule has 0 amide bonds. The number of hydrogen-bond acceptors (Lipinski definition) is 4. The van der Waals surface area contributed by atoms with Crippen molar-refractivity contribution in [3.63, 3.8) is 0 Å². The Labute approximate surface area is 120 Å². The maximum absolute atomic E-state index is 11.3. The molecule has 0 saturated carbocycles. The van der Waals surface area contributed by atoms with Gasteiger partial charge in [0.1, 0.15) is 23.2 Å². The summed E-state index contributed by atoms with van der Waals surface area (Å²) in [5, 5.41) is 18.5. The Bertz CT molecular complexity index is 454. The lowest BCUT2D eigenvalue weighted by Crippen LogP contribution is -2.42. The number of carbonyl (C=O) groups is 1. The summed E-state index contributed by atoms with van der Waals surface area (Å²) >= 11 is 6.77. The number of aliphatic carboxylic acids is 1. The van der Waals surface area contributed by atoms with Crippen LogP contribution in [0.15, 0.2) is 29.2 Å². The lowest BCUT2D eigenvalue weighted by molar-refractivity contribution is -0.139. The number of thioether (sulfide) groups is 1. The van der Waals surface area contributed by atoms with Crippen LogP contribution in [0.25, 0.3) is 0 Å². The van der Waals surface area contributed by atoms with Gasteiger partial charge in [-0.2, -0.15) is 0 Å². The number of aliphatic hydroxyl groups is 1. The molecule has 2 N–H and O–H groups in total. The van der Waals surface area contributed by atoms with Gasteiger partial charge in [0.05, 0.1) is 4.90 Å². The Morgan fingerprint density at radius 2 is 2.16 bits per heavy atom. The fourth-order valence-electron chi connectivity index (χ4n) is 1.98. The van der Waals surface area contributed by atoms with Crippen LogP contribution < -0.4 is 4.74 Å². The van der Waals surface area contributed by atoms with Gasteiger partial charge in [-0.15, -0.1) is 23.4 Å². The number of aliphatic hydroxyl groups excluding tert-OH is 1. The highest BCUT2D eigenvalue weighted by atomic mass is 35.5. The first-order valence-electron chi connectivity index (χ1n) is 6.02. The molecule has 0 spiro atoms. The summed E-state index contributed by atoms with van der Waals surface area (Å²) < 4.78 is 5.76. The van der Waals surface area contributed by atoms with Crippen LogP contribution in [0.1, 0.15) is 12.8 Å². The predicted octanol–water partition coefficient (Wildman–Crippen LogP) is 2.37. The number of ether oxygens (including phenoxy) is 1. The summed E-state index contributed by atoms with van der Waals surface area (Å²) in [6, 6.07) is 7.23. The minimum Gasteiger partial charge on any atom is -0.486 e. The van der Waals surface area contributed by atoms with Crippen molar-refractivity contribution in [2.45, 2.75) is 35.2 Å². The predicted molar refractivity (Wildman–Crippen MR) is 74.1 cm³/mol. The van der Waals surface area contributed by atoms with Crippen molar-refractivity contribution in [3.8, 4) is 5.75 Å². The minimum absolute atomic E-state index is 0.457. The lowest BCUT2D eigenvalue weighted by atomic mass is 10.1. The first kappa shape index (κ1) is 14.5. The zero-order valence-corrected chi connectivity index (χ0v) is 11.7. The molecule has 3 unspecified atom stereocenters. The molecule has 6 heteroatoms. The van der Waals surface area contributed by atoms with E-state index in [1.54, 1.807) is 12.1 Å². The summed E-state index contributed by atoms with van der Waals surface area (Å²) in [4.78, 5) is 12.0. The van der Waals surface area contributed by atoms with Gasteiger partial charge in [-0.05, 0) is 25.0 Å². The summed E-state index contributed by atoms with van der Waals surface area (Å²) in [6.07, 6.45) is -0.402. The molecule has 1 aromatic carbocycles. The van der Waals surface area contributed by atoms with Crippen LogP contribution in [0.3, 0.4) is 0 Å². The van der Waals surface area contributed by atoms with Crippen molar-refractivity contribution in [1.82, 2.24) is 0 Å². The highest BCUT2D eigenvalue weighted by Crippen LogP contribution is 2.39. The number of rotatable bonds is 4. The van der Waals surface area contributed by atoms with Crippen LogP contribution in [0.4, 0.5) is 0 Å². The molecule has 0 saturated heterocycles. The maximum atomic E-state index is 11.3. The Balaban J connectivity index is 2.28. The van der Waals surface area contributed by atoms with Gasteiger partial charge in [0.2, 0.25) is 0 Å². The zero-order chi connectivity index (χ0) is 13.8. The Morgan fingerprint density at radius 3 is 2.84 bits per heavy atom. The van der Waals surface area contributed by atoms with Crippen LogP contribution in [0.2, 0.25) is 0 Å². The van der Waals surface area contributed by atoms with Crippen LogP contribution in [0.5, 0.6) is 5.75 Å². The minimum atomic E-state index is -1.06. The first-order valence-corrected chi connectivity index (χ1v) is 7.44. The number of benzene rings is 1. The normalized spacial score (nSPS) is 26.1. The largest absolute Gasteiger partial charge is 0.486 e. The Hall–Kier alpha value is -0.910. The molecule has 19 heavy (non-hydrogen) atoms. The second-order valence-electron chi connectivity index (χ2n) is 4.30. The second kappa shape index (κ2) is 6.50. The van der Waals surface area contributed by atoms with Crippen LogP contribution in [-0.4, -0.2) is 39.5 Å². The summed E-state index contributed by atoms with van der Waals surface area (Å²) in [7, 11) is 0. The maximum Gasteiger partial charge on any atom is 0.319 e. The molecule has 0 bridgehead atoms. The monoisotopic (exact) mass is 302 g/mol. The molecule has 104 valence electrons. The van der Waals surface area contributed by atoms with Gasteiger partial charge in [0.25, 0.3) is 0 Å². The number of fused-ring (bicyclic) bond motifs is 1.